The van der Waals surface area contributed by atoms with Gasteiger partial charge in [0.1, 0.15) is 18.3 Å². The van der Waals surface area contributed by atoms with Crippen LogP contribution < -0.4 is 4.74 Å². The molecule has 1 amide bonds. The van der Waals surface area contributed by atoms with Crippen molar-refractivity contribution in [2.24, 2.45) is 0 Å². The Hall–Kier alpha value is -1.73. The fraction of sp³-hybridized carbons (Fsp3) is 0.667. The zero-order valence-corrected chi connectivity index (χ0v) is 12.9. The monoisotopic (exact) mass is 307 g/mol. The molecular formula is C15H21N3O4. The molecule has 2 fully saturated rings. The van der Waals surface area contributed by atoms with Crippen LogP contribution in [0.4, 0.5) is 0 Å². The number of carbonyl (C=O) groups excluding carboxylic acids is 1. The van der Waals surface area contributed by atoms with E-state index in [1.165, 1.54) is 7.11 Å². The van der Waals surface area contributed by atoms with Gasteiger partial charge in [0.15, 0.2) is 0 Å². The van der Waals surface area contributed by atoms with Crippen molar-refractivity contribution in [2.75, 3.05) is 33.4 Å². The maximum Gasteiger partial charge on any atom is 0.248 e. The van der Waals surface area contributed by atoms with Gasteiger partial charge in [0.05, 0.1) is 31.6 Å². The lowest BCUT2D eigenvalue weighted by Crippen LogP contribution is -2.68. The van der Waals surface area contributed by atoms with Crippen molar-refractivity contribution in [3.8, 4) is 5.88 Å². The quantitative estimate of drug-likeness (QED) is 0.810. The average Bonchev–Trinajstić information content (AvgIpc) is 2.45. The molecule has 0 unspecified atom stereocenters. The summed E-state index contributed by atoms with van der Waals surface area (Å²) in [7, 11) is 1.53. The van der Waals surface area contributed by atoms with Crippen LogP contribution in [0, 0.1) is 6.92 Å². The predicted octanol–water partition coefficient (Wildman–Crippen LogP) is 0.570. The molecule has 7 heteroatoms. The summed E-state index contributed by atoms with van der Waals surface area (Å²) in [4.78, 5) is 21.9. The van der Waals surface area contributed by atoms with E-state index >= 15 is 0 Å². The molecule has 0 aliphatic carbocycles. The molecule has 2 aliphatic rings. The van der Waals surface area contributed by atoms with E-state index in [0.717, 1.165) is 18.5 Å². The largest absolute Gasteiger partial charge is 0.473 e. The first-order valence-corrected chi connectivity index (χ1v) is 7.46. The van der Waals surface area contributed by atoms with Crippen LogP contribution in [0.15, 0.2) is 12.4 Å². The third-order valence-electron chi connectivity index (χ3n) is 4.05. The van der Waals surface area contributed by atoms with E-state index in [0.29, 0.717) is 25.6 Å². The molecule has 1 aromatic heterocycles. The number of hydrogen-bond donors (Lipinski definition) is 0. The standard InChI is InChI=1S/C15H21N3O4/c1-11-6-16-7-13(17-11)22-12-3-4-21-15(5-12)9-18(10-15)14(19)8-20-2/h6-7,12H,3-5,8-10H2,1-2H3/t12-/m0/s1. The van der Waals surface area contributed by atoms with E-state index in [9.17, 15) is 4.79 Å². The molecule has 0 radical (unpaired) electrons. The highest BCUT2D eigenvalue weighted by Gasteiger charge is 2.49. The summed E-state index contributed by atoms with van der Waals surface area (Å²) in [6, 6.07) is 0. The molecule has 2 saturated heterocycles. The minimum absolute atomic E-state index is 0.00400. The Labute approximate surface area is 129 Å². The highest BCUT2D eigenvalue weighted by Crippen LogP contribution is 2.35. The Bertz CT molecular complexity index is 545. The second-order valence-electron chi connectivity index (χ2n) is 5.95. The van der Waals surface area contributed by atoms with Gasteiger partial charge in [0, 0.05) is 26.1 Å². The third-order valence-corrected chi connectivity index (χ3v) is 4.05. The van der Waals surface area contributed by atoms with Gasteiger partial charge < -0.3 is 19.1 Å². The molecular weight excluding hydrogens is 286 g/mol. The number of amides is 1. The fourth-order valence-electron chi connectivity index (χ4n) is 3.01. The molecule has 120 valence electrons. The van der Waals surface area contributed by atoms with Crippen LogP contribution in [0.25, 0.3) is 0 Å². The molecule has 0 saturated carbocycles. The lowest BCUT2D eigenvalue weighted by Gasteiger charge is -2.52. The smallest absolute Gasteiger partial charge is 0.248 e. The lowest BCUT2D eigenvalue weighted by molar-refractivity contribution is -0.195. The number of nitrogens with zero attached hydrogens (tertiary/aromatic N) is 3. The number of aromatic nitrogens is 2. The van der Waals surface area contributed by atoms with Crippen molar-refractivity contribution < 1.29 is 19.0 Å². The van der Waals surface area contributed by atoms with Gasteiger partial charge in [-0.3, -0.25) is 9.78 Å². The van der Waals surface area contributed by atoms with Gasteiger partial charge in [-0.2, -0.15) is 0 Å². The fourth-order valence-corrected chi connectivity index (χ4v) is 3.01. The Morgan fingerprint density at radius 3 is 3.05 bits per heavy atom. The van der Waals surface area contributed by atoms with Crippen molar-refractivity contribution in [3.63, 3.8) is 0 Å². The number of ether oxygens (including phenoxy) is 3. The van der Waals surface area contributed by atoms with Gasteiger partial charge in [-0.05, 0) is 6.92 Å². The second-order valence-corrected chi connectivity index (χ2v) is 5.95. The zero-order valence-electron chi connectivity index (χ0n) is 12.9. The predicted molar refractivity (Wildman–Crippen MR) is 77.6 cm³/mol. The number of likely N-dealkylation sites (tertiary alicyclic amines) is 1. The normalized spacial score (nSPS) is 23.2. The van der Waals surface area contributed by atoms with Gasteiger partial charge >= 0.3 is 0 Å². The van der Waals surface area contributed by atoms with Gasteiger partial charge in [0.25, 0.3) is 0 Å². The summed E-state index contributed by atoms with van der Waals surface area (Å²) in [5, 5.41) is 0. The molecule has 1 atom stereocenters. The minimum Gasteiger partial charge on any atom is -0.473 e. The van der Waals surface area contributed by atoms with Crippen molar-refractivity contribution in [1.29, 1.82) is 0 Å². The van der Waals surface area contributed by atoms with Gasteiger partial charge in [-0.15, -0.1) is 0 Å². The van der Waals surface area contributed by atoms with E-state index in [4.69, 9.17) is 14.2 Å². The molecule has 22 heavy (non-hydrogen) atoms. The summed E-state index contributed by atoms with van der Waals surface area (Å²) in [5.74, 6) is 0.554. The first kappa shape index (κ1) is 15.2. The number of hydrogen-bond acceptors (Lipinski definition) is 6. The van der Waals surface area contributed by atoms with E-state index in [1.54, 1.807) is 17.3 Å². The van der Waals surface area contributed by atoms with E-state index in [-0.39, 0.29) is 24.2 Å². The Balaban J connectivity index is 1.56. The first-order chi connectivity index (χ1) is 10.6. The summed E-state index contributed by atoms with van der Waals surface area (Å²) < 4.78 is 16.7. The van der Waals surface area contributed by atoms with Crippen molar-refractivity contribution in [2.45, 2.75) is 31.5 Å². The molecule has 3 rings (SSSR count). The van der Waals surface area contributed by atoms with Gasteiger partial charge in [-0.25, -0.2) is 4.98 Å². The van der Waals surface area contributed by atoms with Gasteiger partial charge in [0.2, 0.25) is 11.8 Å². The van der Waals surface area contributed by atoms with E-state index in [2.05, 4.69) is 9.97 Å². The number of methoxy groups -OCH3 is 1. The average molecular weight is 307 g/mol. The highest BCUT2D eigenvalue weighted by atomic mass is 16.5. The maximum absolute atomic E-state index is 11.8. The molecule has 0 aromatic carbocycles. The van der Waals surface area contributed by atoms with Crippen LogP contribution in [0.3, 0.4) is 0 Å². The van der Waals surface area contributed by atoms with Crippen molar-refractivity contribution >= 4 is 5.91 Å². The molecule has 0 bridgehead atoms. The lowest BCUT2D eigenvalue weighted by atomic mass is 9.84. The number of rotatable bonds is 4. The van der Waals surface area contributed by atoms with Crippen LogP contribution in [-0.4, -0.2) is 65.9 Å². The zero-order chi connectivity index (χ0) is 15.6. The second kappa shape index (κ2) is 6.18. The molecule has 3 heterocycles. The van der Waals surface area contributed by atoms with E-state index < -0.39 is 0 Å². The van der Waals surface area contributed by atoms with Crippen LogP contribution in [0.5, 0.6) is 5.88 Å². The minimum atomic E-state index is -0.274. The van der Waals surface area contributed by atoms with Gasteiger partial charge in [-0.1, -0.05) is 0 Å². The summed E-state index contributed by atoms with van der Waals surface area (Å²) in [6.45, 7) is 3.85. The Morgan fingerprint density at radius 2 is 2.32 bits per heavy atom. The molecule has 7 nitrogen and oxygen atoms in total. The first-order valence-electron chi connectivity index (χ1n) is 7.46. The molecule has 1 aromatic rings. The Morgan fingerprint density at radius 1 is 1.50 bits per heavy atom. The Kier molecular flexibility index (Phi) is 4.26. The topological polar surface area (TPSA) is 73.8 Å². The van der Waals surface area contributed by atoms with Crippen LogP contribution in [-0.2, 0) is 14.3 Å². The van der Waals surface area contributed by atoms with Crippen LogP contribution >= 0.6 is 0 Å². The molecule has 2 aliphatic heterocycles. The SMILES string of the molecule is COCC(=O)N1CC2(C[C@@H](Oc3cncc(C)n3)CCO2)C1. The number of aryl methyl sites for hydroxylation is 1. The molecule has 1 spiro atoms. The van der Waals surface area contributed by atoms with Crippen LogP contribution in [0.1, 0.15) is 18.5 Å². The third kappa shape index (κ3) is 3.20. The summed E-state index contributed by atoms with van der Waals surface area (Å²) >= 11 is 0. The maximum atomic E-state index is 11.8. The summed E-state index contributed by atoms with van der Waals surface area (Å²) in [5.41, 5.74) is 0.558. The summed E-state index contributed by atoms with van der Waals surface area (Å²) in [6.07, 6.45) is 4.96. The van der Waals surface area contributed by atoms with Crippen molar-refractivity contribution in [1.82, 2.24) is 14.9 Å². The van der Waals surface area contributed by atoms with Crippen molar-refractivity contribution in [3.05, 3.63) is 18.1 Å². The number of carbonyl (C=O) groups is 1. The molecule has 0 N–H and O–H groups in total. The highest BCUT2D eigenvalue weighted by molar-refractivity contribution is 5.78. The van der Waals surface area contributed by atoms with E-state index in [1.807, 2.05) is 6.92 Å². The van der Waals surface area contributed by atoms with Crippen LogP contribution in [0.2, 0.25) is 0 Å².